The van der Waals surface area contributed by atoms with Crippen LogP contribution in [0.15, 0.2) is 461 Å². The van der Waals surface area contributed by atoms with Crippen molar-refractivity contribution in [2.24, 2.45) is 11.8 Å². The van der Waals surface area contributed by atoms with Crippen molar-refractivity contribution >= 4 is 188 Å². The maximum Gasteiger partial charge on any atom is 0.488 e. The van der Waals surface area contributed by atoms with Gasteiger partial charge >= 0.3 is 7.12 Å². The Bertz CT molecular complexity index is 5280. The number of nitrogens with zero attached hydrogens (tertiary/aromatic N) is 2. The van der Waals surface area contributed by atoms with E-state index in [0.717, 1.165) is 35.1 Å². The first-order valence-electron chi connectivity index (χ1n) is 41.1. The van der Waals surface area contributed by atoms with Crippen LogP contribution in [0, 0.1) is 11.8 Å². The first-order valence-corrected chi connectivity index (χ1v) is 48.4. The predicted octanol–water partition coefficient (Wildman–Crippen LogP) is 24.9. The van der Waals surface area contributed by atoms with Crippen LogP contribution in [0.2, 0.25) is 25.2 Å². The number of rotatable bonds is 18. The van der Waals surface area contributed by atoms with E-state index in [0.29, 0.717) is 42.5 Å². The number of benzene rings is 16. The van der Waals surface area contributed by atoms with E-state index in [1.165, 1.54) is 104 Å². The van der Waals surface area contributed by atoms with Gasteiger partial charge in [-0.05, 0) is 203 Å². The van der Waals surface area contributed by atoms with E-state index >= 15 is 0 Å². The molecule has 15 heteroatoms. The summed E-state index contributed by atoms with van der Waals surface area (Å²) < 4.78 is 0. The third kappa shape index (κ3) is 29.6. The van der Waals surface area contributed by atoms with Gasteiger partial charge in [-0.3, -0.25) is 0 Å². The van der Waals surface area contributed by atoms with Crippen molar-refractivity contribution < 1.29 is 30.5 Å². The van der Waals surface area contributed by atoms with Crippen molar-refractivity contribution in [2.75, 3.05) is 0 Å². The molecule has 4 nitrogen and oxygen atoms in total. The second-order valence-corrected chi connectivity index (χ2v) is 40.6. The van der Waals surface area contributed by atoms with Crippen LogP contribution in [0.5, 0.6) is 0 Å². The van der Waals surface area contributed by atoms with E-state index in [9.17, 15) is 0 Å². The van der Waals surface area contributed by atoms with Gasteiger partial charge in [0.1, 0.15) is 5.15 Å². The maximum absolute atomic E-state index is 8.71. The zero-order chi connectivity index (χ0) is 86.6. The molecule has 0 radical (unpaired) electrons. The van der Waals surface area contributed by atoms with Crippen LogP contribution in [0.3, 0.4) is 0 Å². The number of fused-ring (bicyclic) bond motifs is 2. The van der Waals surface area contributed by atoms with Crippen molar-refractivity contribution in [3.05, 3.63) is 497 Å². The Morgan fingerprint density at radius 2 is 0.464 bits per heavy atom. The monoisotopic (exact) mass is 1890 g/mol. The standard InChI is InChI=1S/C19H17Cl2N.4C18H15P.C13H14ClN.C6H5BCl2O2.Pd/c1-12(2)8-13-4-3-5-19-17(13)6-7-18(22-19)14-9-15(20)11-16(21)10-14;4*1-4-10-16(11-5-1)19(17-12-6-2-7-13-17)18-14-8-3-9-15-18;1-9(2)8-10-4-3-5-12-11(10)6-7-13(14)15-12;8-5-1-4(7(10)11)2-6(9)3-5;/h3-7,9-12H,8H2,1-2H3;4*1-15H;3-7,9H,8H2,1-2H3;1-3,10-11H;. The Hall–Kier alpha value is -9.84. The molecule has 2 heterocycles. The molecule has 0 bridgehead atoms. The summed E-state index contributed by atoms with van der Waals surface area (Å²) in [7, 11) is -3.31. The minimum atomic E-state index is -1.52. The second-order valence-electron chi connectivity index (χ2n) is 29.6. The summed E-state index contributed by atoms with van der Waals surface area (Å²) >= 11 is 29.2. The first kappa shape index (κ1) is 95.8. The Morgan fingerprint density at radius 1 is 0.248 bits per heavy atom. The van der Waals surface area contributed by atoms with Crippen molar-refractivity contribution in [3.8, 4) is 11.3 Å². The molecule has 2 N–H and O–H groups in total. The van der Waals surface area contributed by atoms with Gasteiger partial charge in [-0.2, -0.15) is 0 Å². The smallest absolute Gasteiger partial charge is 0.423 e. The van der Waals surface area contributed by atoms with Crippen LogP contribution in [0.1, 0.15) is 38.8 Å². The molecule has 0 aliphatic heterocycles. The third-order valence-electron chi connectivity index (χ3n) is 19.4. The Morgan fingerprint density at radius 3 is 0.688 bits per heavy atom. The topological polar surface area (TPSA) is 66.2 Å². The Balaban J connectivity index is 0.000000143. The minimum Gasteiger partial charge on any atom is -0.423 e. The number of halogens is 5. The molecule has 0 atom stereocenters. The summed E-state index contributed by atoms with van der Waals surface area (Å²) in [6.45, 7) is 8.91. The van der Waals surface area contributed by atoms with Crippen LogP contribution in [0.25, 0.3) is 33.1 Å². The van der Waals surface area contributed by atoms with Crippen molar-refractivity contribution in [3.63, 3.8) is 0 Å². The Labute approximate surface area is 782 Å². The van der Waals surface area contributed by atoms with Gasteiger partial charge in [0.05, 0.1) is 16.7 Å². The molecule has 2 aromatic heterocycles. The summed E-state index contributed by atoms with van der Waals surface area (Å²) in [4.78, 5) is 9.09. The molecule has 626 valence electrons. The molecule has 0 saturated heterocycles. The summed E-state index contributed by atoms with van der Waals surface area (Å²) in [5.74, 6) is 1.28. The molecule has 18 rings (SSSR count). The van der Waals surface area contributed by atoms with Gasteiger partial charge in [-0.15, -0.1) is 0 Å². The fourth-order valence-electron chi connectivity index (χ4n) is 13.9. The van der Waals surface area contributed by atoms with Crippen LogP contribution in [0.4, 0.5) is 0 Å². The van der Waals surface area contributed by atoms with Gasteiger partial charge in [0, 0.05) is 56.8 Å². The van der Waals surface area contributed by atoms with Gasteiger partial charge < -0.3 is 10.0 Å². The molecule has 0 amide bonds. The average Bonchev–Trinajstić information content (AvgIpc) is 0.818. The van der Waals surface area contributed by atoms with Crippen molar-refractivity contribution in [1.82, 2.24) is 9.97 Å². The third-order valence-corrected chi connectivity index (χ3v) is 30.2. The second kappa shape index (κ2) is 51.1. The minimum absolute atomic E-state index is 0. The summed E-state index contributed by atoms with van der Waals surface area (Å²) in [5, 5.41) is 39.2. The fraction of sp³-hybridized carbons (Fsp3) is 0.0727. The first-order chi connectivity index (χ1) is 60.6. The molecule has 125 heavy (non-hydrogen) atoms. The van der Waals surface area contributed by atoms with Gasteiger partial charge in [-0.1, -0.05) is 480 Å². The van der Waals surface area contributed by atoms with Crippen LogP contribution in [-0.4, -0.2) is 27.1 Å². The molecule has 0 aliphatic rings. The van der Waals surface area contributed by atoms with E-state index in [4.69, 9.17) is 73.0 Å². The number of pyridine rings is 2. The van der Waals surface area contributed by atoms with E-state index in [-0.39, 0.29) is 20.4 Å². The van der Waals surface area contributed by atoms with E-state index in [2.05, 4.69) is 433 Å². The zero-order valence-electron chi connectivity index (χ0n) is 69.8. The molecular formula is C110H96BCl5N2O2P4Pd. The molecule has 0 unspecified atom stereocenters. The largest absolute Gasteiger partial charge is 0.488 e. The molecule has 18 aromatic rings. The molecule has 16 aromatic carbocycles. The number of hydrogen-bond acceptors (Lipinski definition) is 4. The average molecular weight is 1900 g/mol. The number of aromatic nitrogens is 2. The van der Waals surface area contributed by atoms with Gasteiger partial charge in [0.25, 0.3) is 0 Å². The van der Waals surface area contributed by atoms with Gasteiger partial charge in [-0.25, -0.2) is 9.97 Å². The fourth-order valence-corrected chi connectivity index (χ4v) is 24.4. The molecule has 0 aliphatic carbocycles. The molecule has 0 saturated carbocycles. The van der Waals surface area contributed by atoms with Crippen LogP contribution in [-0.2, 0) is 33.3 Å². The quantitative estimate of drug-likeness (QED) is 0.0510. The van der Waals surface area contributed by atoms with Crippen molar-refractivity contribution in [1.29, 1.82) is 0 Å². The van der Waals surface area contributed by atoms with Crippen LogP contribution < -0.4 is 69.1 Å². The van der Waals surface area contributed by atoms with Gasteiger partial charge in [0.15, 0.2) is 0 Å². The maximum atomic E-state index is 8.71. The van der Waals surface area contributed by atoms with E-state index in [1.807, 2.05) is 36.4 Å². The summed E-state index contributed by atoms with van der Waals surface area (Å²) in [6, 6.07) is 160. The van der Waals surface area contributed by atoms with E-state index < -0.39 is 38.8 Å². The molecular weight excluding hydrogens is 1800 g/mol. The van der Waals surface area contributed by atoms with Crippen LogP contribution >= 0.6 is 89.7 Å². The van der Waals surface area contributed by atoms with Crippen molar-refractivity contribution in [2.45, 2.75) is 40.5 Å². The van der Waals surface area contributed by atoms with Gasteiger partial charge in [0.2, 0.25) is 0 Å². The Kier molecular flexibility index (Phi) is 39.2. The van der Waals surface area contributed by atoms with E-state index in [1.54, 1.807) is 6.07 Å². The summed E-state index contributed by atoms with van der Waals surface area (Å²) in [6.07, 6.45) is 2.14. The normalized spacial score (nSPS) is 10.6. The molecule has 0 fully saturated rings. The number of hydrogen-bond donors (Lipinski definition) is 2. The molecule has 0 spiro atoms. The SMILES string of the molecule is CC(C)Cc1cccc2nc(-c3cc(Cl)cc(Cl)c3)ccc12.CC(C)Cc1cccc2nc(Cl)ccc12.OB(O)c1cc(Cl)cc(Cl)c1.[Pd].c1ccc(P(c2ccccc2)c2ccccc2)cc1.c1ccc(P(c2ccccc2)c2ccccc2)cc1.c1ccc(P(c2ccccc2)c2ccccc2)cc1.c1ccc(P(c2ccccc2)c2ccccc2)cc1. The predicted molar refractivity (Wildman–Crippen MR) is 548 cm³/mol. The summed E-state index contributed by atoms with van der Waals surface area (Å²) in [5.41, 5.74) is 6.81. The zero-order valence-corrected chi connectivity index (χ0v) is 78.7.